The lowest BCUT2D eigenvalue weighted by Crippen LogP contribution is -2.32. The van der Waals surface area contributed by atoms with E-state index in [1.807, 2.05) is 31.2 Å². The van der Waals surface area contributed by atoms with E-state index in [4.69, 9.17) is 4.74 Å². The molecule has 1 aromatic heterocycles. The molecule has 3 rings (SSSR count). The first kappa shape index (κ1) is 18.9. The number of sulfonamides is 1. The topological polar surface area (TPSA) is 75.7 Å². The molecule has 1 fully saturated rings. The van der Waals surface area contributed by atoms with Crippen LogP contribution in [0.3, 0.4) is 0 Å². The van der Waals surface area contributed by atoms with Crippen LogP contribution in [-0.4, -0.2) is 44.9 Å². The SMILES string of the molecule is Cc1ccccc1OCCNC(=O)c1sccc1S(=O)(=O)N1CCCC1. The van der Waals surface area contributed by atoms with Crippen LogP contribution >= 0.6 is 11.3 Å². The Balaban J connectivity index is 1.59. The molecule has 6 nitrogen and oxygen atoms in total. The molecule has 1 aliphatic heterocycles. The molecule has 0 bridgehead atoms. The number of carbonyl (C=O) groups is 1. The number of thiophene rings is 1. The average Bonchev–Trinajstić information content (AvgIpc) is 3.31. The quantitative estimate of drug-likeness (QED) is 0.733. The minimum Gasteiger partial charge on any atom is -0.491 e. The van der Waals surface area contributed by atoms with Crippen LogP contribution in [0.5, 0.6) is 5.75 Å². The van der Waals surface area contributed by atoms with Crippen LogP contribution in [0.4, 0.5) is 0 Å². The van der Waals surface area contributed by atoms with E-state index in [1.165, 1.54) is 10.4 Å². The molecule has 0 saturated carbocycles. The van der Waals surface area contributed by atoms with Crippen LogP contribution in [-0.2, 0) is 10.0 Å². The van der Waals surface area contributed by atoms with Gasteiger partial charge in [-0.25, -0.2) is 8.42 Å². The zero-order valence-electron chi connectivity index (χ0n) is 14.6. The van der Waals surface area contributed by atoms with Gasteiger partial charge in [-0.05, 0) is 42.8 Å². The Morgan fingerprint density at radius 1 is 1.23 bits per heavy atom. The maximum absolute atomic E-state index is 12.7. The van der Waals surface area contributed by atoms with E-state index in [1.54, 1.807) is 5.38 Å². The van der Waals surface area contributed by atoms with Crippen molar-refractivity contribution in [2.24, 2.45) is 0 Å². The Bertz CT molecular complexity index is 871. The summed E-state index contributed by atoms with van der Waals surface area (Å²) in [5, 5.41) is 4.38. The van der Waals surface area contributed by atoms with Crippen LogP contribution < -0.4 is 10.1 Å². The van der Waals surface area contributed by atoms with Crippen LogP contribution in [0.1, 0.15) is 28.1 Å². The lowest BCUT2D eigenvalue weighted by molar-refractivity contribution is 0.0948. The standard InChI is InChI=1S/C18H22N2O4S2/c1-14-6-2-3-7-15(14)24-12-9-19-18(21)17-16(8-13-25-17)26(22,23)20-10-4-5-11-20/h2-3,6-8,13H,4-5,9-12H2,1H3,(H,19,21). The molecule has 1 N–H and O–H groups in total. The zero-order valence-corrected chi connectivity index (χ0v) is 16.2. The number of para-hydroxylation sites is 1. The van der Waals surface area contributed by atoms with Gasteiger partial charge < -0.3 is 10.1 Å². The van der Waals surface area contributed by atoms with Gasteiger partial charge in [0.15, 0.2) is 0 Å². The number of benzene rings is 1. The lowest BCUT2D eigenvalue weighted by Gasteiger charge is -2.15. The third-order valence-electron chi connectivity index (χ3n) is 4.26. The summed E-state index contributed by atoms with van der Waals surface area (Å²) in [5.74, 6) is 0.390. The molecule has 2 aromatic rings. The zero-order chi connectivity index (χ0) is 18.6. The van der Waals surface area contributed by atoms with Crippen molar-refractivity contribution in [2.75, 3.05) is 26.2 Å². The highest BCUT2D eigenvalue weighted by molar-refractivity contribution is 7.89. The van der Waals surface area contributed by atoms with Crippen molar-refractivity contribution in [1.82, 2.24) is 9.62 Å². The molecule has 1 aliphatic rings. The lowest BCUT2D eigenvalue weighted by atomic mass is 10.2. The summed E-state index contributed by atoms with van der Waals surface area (Å²) in [6, 6.07) is 9.16. The first-order chi connectivity index (χ1) is 12.5. The highest BCUT2D eigenvalue weighted by Gasteiger charge is 2.31. The molecule has 2 heterocycles. The molecule has 140 valence electrons. The highest BCUT2D eigenvalue weighted by Crippen LogP contribution is 2.27. The third-order valence-corrected chi connectivity index (χ3v) is 7.24. The number of rotatable bonds is 7. The summed E-state index contributed by atoms with van der Waals surface area (Å²) < 4.78 is 32.5. The van der Waals surface area contributed by atoms with Gasteiger partial charge in [0.1, 0.15) is 22.1 Å². The predicted molar refractivity (Wildman–Crippen MR) is 101 cm³/mol. The molecule has 0 spiro atoms. The molecular formula is C18H22N2O4S2. The Labute approximate surface area is 157 Å². The monoisotopic (exact) mass is 394 g/mol. The second-order valence-corrected chi connectivity index (χ2v) is 8.92. The van der Waals surface area contributed by atoms with Crippen molar-refractivity contribution in [3.8, 4) is 5.75 Å². The fourth-order valence-corrected chi connectivity index (χ4v) is 5.69. The summed E-state index contributed by atoms with van der Waals surface area (Å²) in [6.45, 7) is 3.60. The van der Waals surface area contributed by atoms with Crippen LogP contribution in [0.25, 0.3) is 0 Å². The maximum atomic E-state index is 12.7. The summed E-state index contributed by atoms with van der Waals surface area (Å²) in [5.41, 5.74) is 1.02. The largest absolute Gasteiger partial charge is 0.491 e. The molecule has 1 amide bonds. The van der Waals surface area contributed by atoms with Crippen molar-refractivity contribution >= 4 is 27.3 Å². The Hall–Kier alpha value is -1.90. The minimum atomic E-state index is -3.60. The van der Waals surface area contributed by atoms with Crippen molar-refractivity contribution in [3.05, 3.63) is 46.2 Å². The Morgan fingerprint density at radius 3 is 2.69 bits per heavy atom. The van der Waals surface area contributed by atoms with Crippen molar-refractivity contribution < 1.29 is 17.9 Å². The van der Waals surface area contributed by atoms with Crippen LogP contribution in [0.2, 0.25) is 0 Å². The molecule has 26 heavy (non-hydrogen) atoms. The average molecular weight is 395 g/mol. The van der Waals surface area contributed by atoms with Gasteiger partial charge in [-0.3, -0.25) is 4.79 Å². The number of nitrogens with one attached hydrogen (secondary N) is 1. The van der Waals surface area contributed by atoms with Gasteiger partial charge >= 0.3 is 0 Å². The first-order valence-corrected chi connectivity index (χ1v) is 10.9. The van der Waals surface area contributed by atoms with Gasteiger partial charge in [0.2, 0.25) is 10.0 Å². The Kier molecular flexibility index (Phi) is 5.95. The fourth-order valence-electron chi connectivity index (χ4n) is 2.86. The van der Waals surface area contributed by atoms with E-state index in [9.17, 15) is 13.2 Å². The van der Waals surface area contributed by atoms with Crippen LogP contribution in [0, 0.1) is 6.92 Å². The van der Waals surface area contributed by atoms with Crippen molar-refractivity contribution in [3.63, 3.8) is 0 Å². The van der Waals surface area contributed by atoms with Gasteiger partial charge in [0.25, 0.3) is 5.91 Å². The number of carbonyl (C=O) groups excluding carboxylic acids is 1. The molecule has 0 atom stereocenters. The van der Waals surface area contributed by atoms with Gasteiger partial charge in [0.05, 0.1) is 6.54 Å². The number of hydrogen-bond donors (Lipinski definition) is 1. The van der Waals surface area contributed by atoms with Crippen LogP contribution in [0.15, 0.2) is 40.6 Å². The van der Waals surface area contributed by atoms with E-state index >= 15 is 0 Å². The predicted octanol–water partition coefficient (Wildman–Crippen LogP) is 2.65. The molecule has 0 aliphatic carbocycles. The second-order valence-electron chi connectivity index (χ2n) is 6.10. The number of ether oxygens (including phenoxy) is 1. The van der Waals surface area contributed by atoms with Gasteiger partial charge in [0, 0.05) is 13.1 Å². The van der Waals surface area contributed by atoms with E-state index in [-0.39, 0.29) is 15.7 Å². The molecule has 1 aromatic carbocycles. The molecule has 8 heteroatoms. The number of amides is 1. The number of hydrogen-bond acceptors (Lipinski definition) is 5. The van der Waals surface area contributed by atoms with E-state index in [0.717, 1.165) is 35.5 Å². The fraction of sp³-hybridized carbons (Fsp3) is 0.389. The molecule has 0 unspecified atom stereocenters. The summed E-state index contributed by atoms with van der Waals surface area (Å²) >= 11 is 1.14. The Morgan fingerprint density at radius 2 is 1.96 bits per heavy atom. The second kappa shape index (κ2) is 8.20. The summed E-state index contributed by atoms with van der Waals surface area (Å²) in [6.07, 6.45) is 1.72. The molecular weight excluding hydrogens is 372 g/mol. The highest BCUT2D eigenvalue weighted by atomic mass is 32.2. The van der Waals surface area contributed by atoms with E-state index in [0.29, 0.717) is 26.2 Å². The summed E-state index contributed by atoms with van der Waals surface area (Å²) in [7, 11) is -3.60. The smallest absolute Gasteiger partial charge is 0.262 e. The molecule has 1 saturated heterocycles. The van der Waals surface area contributed by atoms with Crippen molar-refractivity contribution in [2.45, 2.75) is 24.7 Å². The number of aryl methyl sites for hydroxylation is 1. The van der Waals surface area contributed by atoms with Crippen molar-refractivity contribution in [1.29, 1.82) is 0 Å². The summed E-state index contributed by atoms with van der Waals surface area (Å²) in [4.78, 5) is 12.8. The van der Waals surface area contributed by atoms with Gasteiger partial charge in [-0.1, -0.05) is 18.2 Å². The maximum Gasteiger partial charge on any atom is 0.262 e. The van der Waals surface area contributed by atoms with E-state index in [2.05, 4.69) is 5.32 Å². The van der Waals surface area contributed by atoms with E-state index < -0.39 is 10.0 Å². The minimum absolute atomic E-state index is 0.0988. The van der Waals surface area contributed by atoms with Gasteiger partial charge in [-0.15, -0.1) is 11.3 Å². The van der Waals surface area contributed by atoms with Gasteiger partial charge in [-0.2, -0.15) is 4.31 Å². The first-order valence-electron chi connectivity index (χ1n) is 8.54. The normalized spacial score (nSPS) is 15.1. The molecule has 0 radical (unpaired) electrons. The third kappa shape index (κ3) is 4.08. The number of nitrogens with zero attached hydrogens (tertiary/aromatic N) is 1.